The van der Waals surface area contributed by atoms with Gasteiger partial charge in [-0.05, 0) is 18.8 Å². The number of nitrogens with two attached hydrogens (primary N) is 2. The normalized spacial score (nSPS) is 18.7. The minimum atomic E-state index is -0.549. The van der Waals surface area contributed by atoms with Gasteiger partial charge in [0.1, 0.15) is 6.04 Å². The monoisotopic (exact) mass is 344 g/mol. The number of primary amides is 2. The Labute approximate surface area is 139 Å². The summed E-state index contributed by atoms with van der Waals surface area (Å²) in [6, 6.07) is -0.549. The molecule has 1 heterocycles. The SMILES string of the molecule is CCC(C(N)=O)N1CC(CCNC(=O)CSCC(N)=O)CC1=O. The number of likely N-dealkylation sites (tertiary alicyclic amines) is 1. The maximum absolute atomic E-state index is 12.0. The Bertz CT molecular complexity index is 472. The van der Waals surface area contributed by atoms with Crippen LogP contribution in [0, 0.1) is 5.92 Å². The van der Waals surface area contributed by atoms with E-state index in [-0.39, 0.29) is 29.2 Å². The highest BCUT2D eigenvalue weighted by atomic mass is 32.2. The molecule has 5 N–H and O–H groups in total. The number of thioether (sulfide) groups is 1. The van der Waals surface area contributed by atoms with Gasteiger partial charge < -0.3 is 21.7 Å². The number of hydrogen-bond donors (Lipinski definition) is 3. The molecule has 1 saturated heterocycles. The fraction of sp³-hybridized carbons (Fsp3) is 0.714. The molecule has 1 aliphatic rings. The lowest BCUT2D eigenvalue weighted by molar-refractivity contribution is -0.136. The fourth-order valence-corrected chi connectivity index (χ4v) is 3.18. The summed E-state index contributed by atoms with van der Waals surface area (Å²) in [4.78, 5) is 47.0. The Morgan fingerprint density at radius 3 is 2.61 bits per heavy atom. The van der Waals surface area contributed by atoms with Gasteiger partial charge in [0, 0.05) is 19.5 Å². The highest BCUT2D eigenvalue weighted by Gasteiger charge is 2.35. The van der Waals surface area contributed by atoms with Gasteiger partial charge in [0.05, 0.1) is 11.5 Å². The van der Waals surface area contributed by atoms with Crippen LogP contribution in [-0.4, -0.2) is 59.2 Å². The third kappa shape index (κ3) is 6.47. The summed E-state index contributed by atoms with van der Waals surface area (Å²) in [5.74, 6) is -0.767. The lowest BCUT2D eigenvalue weighted by Crippen LogP contribution is -2.45. The summed E-state index contributed by atoms with van der Waals surface area (Å²) < 4.78 is 0. The highest BCUT2D eigenvalue weighted by molar-refractivity contribution is 8.00. The molecule has 0 saturated carbocycles. The van der Waals surface area contributed by atoms with Gasteiger partial charge in [0.25, 0.3) is 0 Å². The highest BCUT2D eigenvalue weighted by Crippen LogP contribution is 2.23. The van der Waals surface area contributed by atoms with Crippen LogP contribution in [0.15, 0.2) is 0 Å². The predicted octanol–water partition coefficient (Wildman–Crippen LogP) is -1.18. The zero-order valence-electron chi connectivity index (χ0n) is 13.2. The smallest absolute Gasteiger partial charge is 0.240 e. The molecule has 1 fully saturated rings. The van der Waals surface area contributed by atoms with Crippen molar-refractivity contribution in [2.24, 2.45) is 17.4 Å². The summed E-state index contributed by atoms with van der Waals surface area (Å²) in [5, 5.41) is 2.75. The average Bonchev–Trinajstić information content (AvgIpc) is 2.80. The second-order valence-electron chi connectivity index (χ2n) is 5.54. The van der Waals surface area contributed by atoms with E-state index in [1.807, 2.05) is 6.92 Å². The minimum absolute atomic E-state index is 0.0657. The Morgan fingerprint density at radius 2 is 2.04 bits per heavy atom. The molecule has 2 atom stereocenters. The van der Waals surface area contributed by atoms with E-state index in [4.69, 9.17) is 11.5 Å². The van der Waals surface area contributed by atoms with E-state index < -0.39 is 17.9 Å². The number of carbonyl (C=O) groups excluding carboxylic acids is 4. The maximum Gasteiger partial charge on any atom is 0.240 e. The van der Waals surface area contributed by atoms with Crippen LogP contribution in [0.5, 0.6) is 0 Å². The standard InChI is InChI=1S/C14H24N4O4S/c1-2-10(14(16)22)18-6-9(5-13(18)21)3-4-17-12(20)8-23-7-11(15)19/h9-10H,2-8H2,1H3,(H2,15,19)(H2,16,22)(H,17,20). The van der Waals surface area contributed by atoms with E-state index in [1.54, 1.807) is 0 Å². The minimum Gasteiger partial charge on any atom is -0.369 e. The van der Waals surface area contributed by atoms with Gasteiger partial charge in [0.2, 0.25) is 23.6 Å². The van der Waals surface area contributed by atoms with Gasteiger partial charge in [-0.3, -0.25) is 19.2 Å². The molecule has 0 aromatic rings. The molecule has 0 spiro atoms. The van der Waals surface area contributed by atoms with Crippen LogP contribution in [0.1, 0.15) is 26.2 Å². The first-order chi connectivity index (χ1) is 10.8. The molecule has 9 heteroatoms. The van der Waals surface area contributed by atoms with Crippen molar-refractivity contribution in [3.63, 3.8) is 0 Å². The zero-order valence-corrected chi connectivity index (χ0v) is 14.1. The second-order valence-corrected chi connectivity index (χ2v) is 6.53. The van der Waals surface area contributed by atoms with Crippen molar-refractivity contribution < 1.29 is 19.2 Å². The molecule has 23 heavy (non-hydrogen) atoms. The number of rotatable bonds is 10. The number of carbonyl (C=O) groups is 4. The van der Waals surface area contributed by atoms with Gasteiger partial charge >= 0.3 is 0 Å². The molecule has 130 valence electrons. The van der Waals surface area contributed by atoms with Gasteiger partial charge in [-0.25, -0.2) is 0 Å². The van der Waals surface area contributed by atoms with Crippen molar-refractivity contribution in [3.05, 3.63) is 0 Å². The first kappa shape index (κ1) is 19.3. The van der Waals surface area contributed by atoms with Gasteiger partial charge in [-0.2, -0.15) is 0 Å². The third-order valence-electron chi connectivity index (χ3n) is 3.68. The summed E-state index contributed by atoms with van der Waals surface area (Å²) in [5.41, 5.74) is 10.3. The molecule has 1 rings (SSSR count). The summed E-state index contributed by atoms with van der Waals surface area (Å²) in [7, 11) is 0. The van der Waals surface area contributed by atoms with Crippen LogP contribution in [0.25, 0.3) is 0 Å². The van der Waals surface area contributed by atoms with Crippen LogP contribution in [0.4, 0.5) is 0 Å². The first-order valence-corrected chi connectivity index (χ1v) is 8.72. The Hall–Kier alpha value is -1.77. The van der Waals surface area contributed by atoms with E-state index in [1.165, 1.54) is 4.90 Å². The maximum atomic E-state index is 12.0. The van der Waals surface area contributed by atoms with Crippen molar-refractivity contribution in [1.82, 2.24) is 10.2 Å². The molecular formula is C14H24N4O4S. The van der Waals surface area contributed by atoms with E-state index in [9.17, 15) is 19.2 Å². The van der Waals surface area contributed by atoms with Crippen molar-refractivity contribution in [3.8, 4) is 0 Å². The van der Waals surface area contributed by atoms with Crippen LogP contribution in [-0.2, 0) is 19.2 Å². The summed E-state index contributed by atoms with van der Waals surface area (Å²) >= 11 is 1.16. The van der Waals surface area contributed by atoms with Crippen LogP contribution >= 0.6 is 11.8 Å². The van der Waals surface area contributed by atoms with Gasteiger partial charge in [0.15, 0.2) is 0 Å². The van der Waals surface area contributed by atoms with Gasteiger partial charge in [-0.15, -0.1) is 11.8 Å². The van der Waals surface area contributed by atoms with Crippen LogP contribution < -0.4 is 16.8 Å². The largest absolute Gasteiger partial charge is 0.369 e. The molecule has 8 nitrogen and oxygen atoms in total. The zero-order chi connectivity index (χ0) is 17.4. The van der Waals surface area contributed by atoms with E-state index in [2.05, 4.69) is 5.32 Å². The molecule has 0 bridgehead atoms. The average molecular weight is 344 g/mol. The molecule has 0 aliphatic carbocycles. The van der Waals surface area contributed by atoms with E-state index in [0.717, 1.165) is 11.8 Å². The molecule has 4 amide bonds. The Morgan fingerprint density at radius 1 is 1.35 bits per heavy atom. The van der Waals surface area contributed by atoms with Crippen molar-refractivity contribution in [2.75, 3.05) is 24.6 Å². The van der Waals surface area contributed by atoms with E-state index >= 15 is 0 Å². The number of nitrogens with one attached hydrogen (secondary N) is 1. The van der Waals surface area contributed by atoms with E-state index in [0.29, 0.717) is 32.4 Å². The number of nitrogens with zero attached hydrogens (tertiary/aromatic N) is 1. The fourth-order valence-electron chi connectivity index (χ4n) is 2.59. The van der Waals surface area contributed by atoms with Crippen molar-refractivity contribution >= 4 is 35.4 Å². The van der Waals surface area contributed by atoms with Crippen LogP contribution in [0.2, 0.25) is 0 Å². The summed E-state index contributed by atoms with van der Waals surface area (Å²) in [6.45, 7) is 2.77. The number of hydrogen-bond acceptors (Lipinski definition) is 5. The quantitative estimate of drug-likeness (QED) is 0.458. The molecule has 0 aromatic heterocycles. The molecule has 1 aliphatic heterocycles. The Balaban J connectivity index is 2.29. The lowest BCUT2D eigenvalue weighted by atomic mass is 10.0. The van der Waals surface area contributed by atoms with Crippen molar-refractivity contribution in [2.45, 2.75) is 32.2 Å². The first-order valence-electron chi connectivity index (χ1n) is 7.56. The molecule has 2 unspecified atom stereocenters. The van der Waals surface area contributed by atoms with Gasteiger partial charge in [-0.1, -0.05) is 6.92 Å². The molecule has 0 aromatic carbocycles. The van der Waals surface area contributed by atoms with Crippen molar-refractivity contribution in [1.29, 1.82) is 0 Å². The second kappa shape index (κ2) is 9.39. The topological polar surface area (TPSA) is 136 Å². The number of amides is 4. The third-order valence-corrected chi connectivity index (χ3v) is 4.64. The van der Waals surface area contributed by atoms with Crippen LogP contribution in [0.3, 0.4) is 0 Å². The molecular weight excluding hydrogens is 320 g/mol. The summed E-state index contributed by atoms with van der Waals surface area (Å²) in [6.07, 6.45) is 1.53. The lowest BCUT2D eigenvalue weighted by Gasteiger charge is -2.24. The molecule has 0 radical (unpaired) electrons. The Kier molecular flexibility index (Phi) is 7.87. The predicted molar refractivity (Wildman–Crippen MR) is 87.2 cm³/mol.